The predicted octanol–water partition coefficient (Wildman–Crippen LogP) is 4.94. The number of hydrogen-bond acceptors (Lipinski definition) is 4. The minimum Gasteiger partial charge on any atom is -0.426 e. The summed E-state index contributed by atoms with van der Waals surface area (Å²) in [5.74, 6) is -0.462. The van der Waals surface area contributed by atoms with Crippen LogP contribution in [0.5, 0.6) is 0 Å². The van der Waals surface area contributed by atoms with Crippen LogP contribution in [0.3, 0.4) is 0 Å². The molecule has 12 heteroatoms. The largest absolute Gasteiger partial charge is 0.434 e. The number of benzene rings is 1. The van der Waals surface area contributed by atoms with E-state index in [1.54, 1.807) is 36.2 Å². The smallest absolute Gasteiger partial charge is 0.426 e. The van der Waals surface area contributed by atoms with Crippen molar-refractivity contribution in [2.24, 2.45) is 0 Å². The van der Waals surface area contributed by atoms with Crippen molar-refractivity contribution < 1.29 is 40.3 Å². The van der Waals surface area contributed by atoms with Crippen molar-refractivity contribution in [1.29, 1.82) is 0 Å². The zero-order valence-corrected chi connectivity index (χ0v) is 17.4. The van der Waals surface area contributed by atoms with E-state index in [1.807, 2.05) is 6.07 Å². The molecule has 0 radical (unpaired) electrons. The van der Waals surface area contributed by atoms with Gasteiger partial charge < -0.3 is 9.64 Å². The van der Waals surface area contributed by atoms with Gasteiger partial charge in [0.1, 0.15) is 5.82 Å². The van der Waals surface area contributed by atoms with E-state index in [0.29, 0.717) is 11.1 Å². The van der Waals surface area contributed by atoms with Crippen molar-refractivity contribution in [3.05, 3.63) is 53.6 Å². The lowest BCUT2D eigenvalue weighted by Crippen LogP contribution is -2.52. The highest BCUT2D eigenvalue weighted by molar-refractivity contribution is 5.68. The lowest BCUT2D eigenvalue weighted by Gasteiger charge is -2.35. The van der Waals surface area contributed by atoms with Crippen molar-refractivity contribution >= 4 is 6.09 Å². The monoisotopic (exact) mass is 479 g/mol. The molecule has 33 heavy (non-hydrogen) atoms. The number of aromatic nitrogens is 1. The Morgan fingerprint density at radius 2 is 1.70 bits per heavy atom. The fourth-order valence-electron chi connectivity index (χ4n) is 3.46. The molecule has 1 amide bonds. The van der Waals surface area contributed by atoms with E-state index in [4.69, 9.17) is 0 Å². The molecule has 1 aromatic carbocycles. The molecule has 1 aromatic heterocycles. The molecule has 0 unspecified atom stereocenters. The number of hydrogen-bond donors (Lipinski definition) is 0. The second-order valence-corrected chi connectivity index (χ2v) is 7.55. The Bertz CT molecular complexity index is 973. The fourth-order valence-corrected chi connectivity index (χ4v) is 3.46. The predicted molar refractivity (Wildman–Crippen MR) is 104 cm³/mol. The Morgan fingerprint density at radius 3 is 2.24 bits per heavy atom. The third-order valence-electron chi connectivity index (χ3n) is 5.21. The molecular weight excluding hydrogens is 459 g/mol. The summed E-state index contributed by atoms with van der Waals surface area (Å²) in [7, 11) is 0. The van der Waals surface area contributed by atoms with Gasteiger partial charge in [-0.3, -0.25) is 9.88 Å². The van der Waals surface area contributed by atoms with Crippen molar-refractivity contribution in [1.82, 2.24) is 14.8 Å². The van der Waals surface area contributed by atoms with E-state index in [0.717, 1.165) is 16.2 Å². The van der Waals surface area contributed by atoms with Crippen LogP contribution in [-0.4, -0.2) is 65.5 Å². The Labute approximate surface area is 184 Å². The highest BCUT2D eigenvalue weighted by Crippen LogP contribution is 2.36. The molecule has 3 rings (SSSR count). The fraction of sp³-hybridized carbons (Fsp3) is 0.429. The molecule has 0 aliphatic carbocycles. The first kappa shape index (κ1) is 24.7. The molecular formula is C21H20F7N3O2. The molecule has 0 atom stereocenters. The molecule has 1 aliphatic rings. The van der Waals surface area contributed by atoms with E-state index >= 15 is 0 Å². The minimum atomic E-state index is -5.77. The van der Waals surface area contributed by atoms with Crippen molar-refractivity contribution in [3.8, 4) is 11.1 Å². The molecule has 2 heterocycles. The summed E-state index contributed by atoms with van der Waals surface area (Å²) in [5.41, 5.74) is 2.54. The third-order valence-corrected chi connectivity index (χ3v) is 5.21. The molecule has 2 aromatic rings. The molecule has 1 aliphatic heterocycles. The zero-order chi connectivity index (χ0) is 24.4. The van der Waals surface area contributed by atoms with Crippen LogP contribution in [0.25, 0.3) is 11.1 Å². The third kappa shape index (κ3) is 6.12. The molecule has 1 fully saturated rings. The number of piperazine rings is 1. The Morgan fingerprint density at radius 1 is 1.06 bits per heavy atom. The van der Waals surface area contributed by atoms with Gasteiger partial charge in [-0.25, -0.2) is 9.18 Å². The summed E-state index contributed by atoms with van der Waals surface area (Å²) in [6.07, 6.45) is -15.8. The van der Waals surface area contributed by atoms with Crippen LogP contribution in [0.4, 0.5) is 35.5 Å². The van der Waals surface area contributed by atoms with Gasteiger partial charge in [-0.15, -0.1) is 0 Å². The number of halogens is 7. The van der Waals surface area contributed by atoms with Crippen molar-refractivity contribution in [2.75, 3.05) is 26.2 Å². The molecule has 0 saturated carbocycles. The van der Waals surface area contributed by atoms with Crippen LogP contribution in [0.1, 0.15) is 11.3 Å². The van der Waals surface area contributed by atoms with Gasteiger partial charge in [0, 0.05) is 55.7 Å². The van der Waals surface area contributed by atoms with Crippen molar-refractivity contribution in [3.63, 3.8) is 0 Å². The number of rotatable bonds is 4. The maximum absolute atomic E-state index is 14.6. The first-order chi connectivity index (χ1) is 15.4. The number of carbonyl (C=O) groups is 1. The number of pyridine rings is 1. The van der Waals surface area contributed by atoms with Gasteiger partial charge in [0.05, 0.1) is 0 Å². The maximum Gasteiger partial charge on any atom is 0.434 e. The lowest BCUT2D eigenvalue weighted by atomic mass is 10.0. The summed E-state index contributed by atoms with van der Waals surface area (Å²) in [5, 5.41) is 0. The summed E-state index contributed by atoms with van der Waals surface area (Å²) < 4.78 is 93.8. The van der Waals surface area contributed by atoms with Crippen LogP contribution >= 0.6 is 0 Å². The summed E-state index contributed by atoms with van der Waals surface area (Å²) in [6.45, 7) is 1.90. The van der Waals surface area contributed by atoms with Gasteiger partial charge in [-0.2, -0.15) is 26.3 Å². The number of aryl methyl sites for hydroxylation is 1. The van der Waals surface area contributed by atoms with E-state index in [2.05, 4.69) is 9.72 Å². The number of nitrogens with zero attached hydrogens (tertiary/aromatic N) is 3. The van der Waals surface area contributed by atoms with Crippen molar-refractivity contribution in [2.45, 2.75) is 31.9 Å². The van der Waals surface area contributed by atoms with Gasteiger partial charge in [0.2, 0.25) is 0 Å². The number of alkyl halides is 6. The van der Waals surface area contributed by atoms with Gasteiger partial charge in [-0.05, 0) is 24.6 Å². The topological polar surface area (TPSA) is 45.7 Å². The average Bonchev–Trinajstić information content (AvgIpc) is 2.72. The molecule has 0 N–H and O–H groups in total. The van der Waals surface area contributed by atoms with Crippen LogP contribution in [0, 0.1) is 12.7 Å². The Hall–Kier alpha value is -2.89. The second-order valence-electron chi connectivity index (χ2n) is 7.55. The maximum atomic E-state index is 14.6. The SMILES string of the molecule is Cc1ncccc1-c1ccc(CN2CCN(C(=O)OC(C(F)(F)F)C(F)(F)F)CC2)c(F)c1. The van der Waals surface area contributed by atoms with Crippen LogP contribution < -0.4 is 0 Å². The average molecular weight is 479 g/mol. The molecule has 0 bridgehead atoms. The Kier molecular flexibility index (Phi) is 7.15. The summed E-state index contributed by atoms with van der Waals surface area (Å²) in [4.78, 5) is 18.5. The standard InChI is InChI=1S/C21H20F7N3O2/c1-13-16(3-2-6-29-13)14-4-5-15(17(22)11-14)12-30-7-9-31(10-8-30)19(32)33-18(20(23,24)25)21(26,27)28/h2-6,11,18H,7-10,12H2,1H3. The number of carbonyl (C=O) groups excluding carboxylic acids is 1. The van der Waals surface area contributed by atoms with Gasteiger partial charge in [-0.1, -0.05) is 18.2 Å². The first-order valence-corrected chi connectivity index (χ1v) is 9.88. The molecule has 0 spiro atoms. The second kappa shape index (κ2) is 9.54. The lowest BCUT2D eigenvalue weighted by molar-refractivity contribution is -0.308. The highest BCUT2D eigenvalue weighted by atomic mass is 19.4. The quantitative estimate of drug-likeness (QED) is 0.583. The van der Waals surface area contributed by atoms with E-state index in [-0.39, 0.29) is 32.7 Å². The van der Waals surface area contributed by atoms with E-state index in [1.165, 1.54) is 6.07 Å². The number of amides is 1. The molecule has 180 valence electrons. The molecule has 5 nitrogen and oxygen atoms in total. The number of ether oxygens (including phenoxy) is 1. The first-order valence-electron chi connectivity index (χ1n) is 9.88. The Balaban J connectivity index is 1.58. The summed E-state index contributed by atoms with van der Waals surface area (Å²) in [6, 6.07) is 8.28. The highest BCUT2D eigenvalue weighted by Gasteiger charge is 2.60. The van der Waals surface area contributed by atoms with E-state index in [9.17, 15) is 35.5 Å². The molecule has 1 saturated heterocycles. The van der Waals surface area contributed by atoms with Gasteiger partial charge in [0.15, 0.2) is 0 Å². The van der Waals surface area contributed by atoms with Crippen LogP contribution in [0.15, 0.2) is 36.5 Å². The van der Waals surface area contributed by atoms with Gasteiger partial charge in [0.25, 0.3) is 6.10 Å². The van der Waals surface area contributed by atoms with Crippen LogP contribution in [-0.2, 0) is 11.3 Å². The zero-order valence-electron chi connectivity index (χ0n) is 17.4. The van der Waals surface area contributed by atoms with E-state index < -0.39 is 30.4 Å². The van der Waals surface area contributed by atoms with Crippen LogP contribution in [0.2, 0.25) is 0 Å². The van der Waals surface area contributed by atoms with Gasteiger partial charge >= 0.3 is 18.4 Å². The summed E-state index contributed by atoms with van der Waals surface area (Å²) >= 11 is 0. The minimum absolute atomic E-state index is 0.126. The normalized spacial score (nSPS) is 15.7.